The summed E-state index contributed by atoms with van der Waals surface area (Å²) in [6.45, 7) is 2.76. The summed E-state index contributed by atoms with van der Waals surface area (Å²) in [6, 6.07) is 6.22. The van der Waals surface area contributed by atoms with Crippen molar-refractivity contribution in [1.29, 1.82) is 0 Å². The van der Waals surface area contributed by atoms with Crippen molar-refractivity contribution in [2.75, 3.05) is 13.2 Å². The van der Waals surface area contributed by atoms with Crippen molar-refractivity contribution in [3.05, 3.63) is 41.7 Å². The van der Waals surface area contributed by atoms with Crippen LogP contribution < -0.4 is 10.6 Å². The molecule has 2 fully saturated rings. The van der Waals surface area contributed by atoms with Gasteiger partial charge in [0.05, 0.1) is 0 Å². The highest BCUT2D eigenvalue weighted by atomic mass is 32.2. The first-order chi connectivity index (χ1) is 16.2. The number of carboxylic acid groups (broad SMARTS) is 1. The first-order valence-electron chi connectivity index (χ1n) is 10.4. The second-order valence-electron chi connectivity index (χ2n) is 8.31. The number of ether oxygens (including phenoxy) is 1. The van der Waals surface area contributed by atoms with E-state index in [4.69, 9.17) is 9.84 Å². The van der Waals surface area contributed by atoms with Crippen molar-refractivity contribution in [3.8, 4) is 0 Å². The van der Waals surface area contributed by atoms with E-state index < -0.39 is 53.9 Å². The minimum absolute atomic E-state index is 0.283. The van der Waals surface area contributed by atoms with Crippen molar-refractivity contribution in [2.24, 2.45) is 0 Å². The van der Waals surface area contributed by atoms with E-state index in [0.29, 0.717) is 11.4 Å². The number of amides is 3. The van der Waals surface area contributed by atoms with Gasteiger partial charge in [-0.05, 0) is 19.4 Å². The van der Waals surface area contributed by atoms with Gasteiger partial charge in [-0.1, -0.05) is 35.5 Å². The Balaban J connectivity index is 1.46. The number of H-pyrrole nitrogens is 1. The van der Waals surface area contributed by atoms with Crippen LogP contribution in [0.2, 0.25) is 0 Å². The summed E-state index contributed by atoms with van der Waals surface area (Å²) in [5.41, 5.74) is 0.499. The molecule has 0 aliphatic carbocycles. The summed E-state index contributed by atoms with van der Waals surface area (Å²) >= 11 is 1.52. The number of benzene rings is 1. The van der Waals surface area contributed by atoms with Crippen molar-refractivity contribution in [3.63, 3.8) is 0 Å². The first-order valence-corrected chi connectivity index (χ1v) is 11.2. The topological polar surface area (TPSA) is 180 Å². The molecule has 0 bridgehead atoms. The molecule has 3 amide bonds. The van der Waals surface area contributed by atoms with E-state index in [1.54, 1.807) is 35.2 Å². The van der Waals surface area contributed by atoms with Gasteiger partial charge in [-0.15, -0.1) is 22.0 Å². The van der Waals surface area contributed by atoms with Crippen LogP contribution in [-0.2, 0) is 23.9 Å². The Morgan fingerprint density at radius 2 is 2.00 bits per heavy atom. The van der Waals surface area contributed by atoms with Gasteiger partial charge in [-0.3, -0.25) is 14.4 Å². The molecule has 4 rings (SSSR count). The predicted octanol–water partition coefficient (Wildman–Crippen LogP) is -0.622. The third-order valence-electron chi connectivity index (χ3n) is 5.50. The molecule has 14 heteroatoms. The number of carbonyl (C=O) groups is 4. The Morgan fingerprint density at radius 3 is 2.65 bits per heavy atom. The Hall–Kier alpha value is -3.52. The fourth-order valence-corrected chi connectivity index (χ4v) is 5.70. The Labute approximate surface area is 198 Å². The molecule has 13 nitrogen and oxygen atoms in total. The Morgan fingerprint density at radius 1 is 1.26 bits per heavy atom. The highest BCUT2D eigenvalue weighted by molar-refractivity contribution is 8.01. The molecule has 2 aliphatic heterocycles. The van der Waals surface area contributed by atoms with Crippen LogP contribution in [0, 0.1) is 0 Å². The second-order valence-corrected chi connectivity index (χ2v) is 10.1. The molecule has 1 aromatic carbocycles. The van der Waals surface area contributed by atoms with Crippen LogP contribution in [0.4, 0.5) is 0 Å². The summed E-state index contributed by atoms with van der Waals surface area (Å²) in [4.78, 5) is 50.7. The molecular formula is C20H23N7O6S. The largest absolute Gasteiger partial charge is 0.480 e. The van der Waals surface area contributed by atoms with Gasteiger partial charge in [-0.2, -0.15) is 5.21 Å². The molecule has 1 aromatic heterocycles. The third-order valence-corrected chi connectivity index (χ3v) is 7.08. The Bertz CT molecular complexity index is 1080. The number of thioether (sulfide) groups is 1. The van der Waals surface area contributed by atoms with Crippen LogP contribution in [0.1, 0.15) is 37.3 Å². The van der Waals surface area contributed by atoms with Crippen LogP contribution in [0.25, 0.3) is 0 Å². The van der Waals surface area contributed by atoms with Crippen LogP contribution in [-0.4, -0.2) is 83.7 Å². The van der Waals surface area contributed by atoms with E-state index in [1.165, 1.54) is 11.8 Å². The van der Waals surface area contributed by atoms with Gasteiger partial charge in [0.25, 0.3) is 0 Å². The molecule has 4 atom stereocenters. The van der Waals surface area contributed by atoms with Crippen molar-refractivity contribution in [2.45, 2.75) is 42.1 Å². The van der Waals surface area contributed by atoms with Crippen molar-refractivity contribution >= 4 is 35.5 Å². The number of rotatable bonds is 9. The number of aromatic amines is 1. The number of carboxylic acids is 1. The van der Waals surface area contributed by atoms with Gasteiger partial charge < -0.3 is 25.4 Å². The smallest absolute Gasteiger partial charge is 0.329 e. The summed E-state index contributed by atoms with van der Waals surface area (Å²) < 4.78 is 4.39. The number of aliphatic carboxylic acids is 1. The molecule has 34 heavy (non-hydrogen) atoms. The van der Waals surface area contributed by atoms with Crippen LogP contribution in [0.5, 0.6) is 0 Å². The molecule has 2 aliphatic rings. The van der Waals surface area contributed by atoms with E-state index in [-0.39, 0.29) is 11.3 Å². The zero-order valence-electron chi connectivity index (χ0n) is 18.3. The number of β-lactam (4-membered cyclic amide) rings is 1. The molecule has 4 N–H and O–H groups in total. The monoisotopic (exact) mass is 489 g/mol. The van der Waals surface area contributed by atoms with Crippen LogP contribution in [0.3, 0.4) is 0 Å². The van der Waals surface area contributed by atoms with E-state index >= 15 is 0 Å². The van der Waals surface area contributed by atoms with Crippen molar-refractivity contribution < 1.29 is 29.0 Å². The lowest BCUT2D eigenvalue weighted by Crippen LogP contribution is -2.68. The molecule has 2 unspecified atom stereocenters. The minimum atomic E-state index is -1.21. The maximum absolute atomic E-state index is 13.2. The summed E-state index contributed by atoms with van der Waals surface area (Å²) in [6.07, 6.45) is 0. The third kappa shape index (κ3) is 4.59. The summed E-state index contributed by atoms with van der Waals surface area (Å²) in [5.74, 6) is -2.34. The Kier molecular flexibility index (Phi) is 6.52. The average molecular weight is 490 g/mol. The lowest BCUT2D eigenvalue weighted by atomic mass is 9.95. The average Bonchev–Trinajstić information content (AvgIpc) is 3.40. The standard InChI is InChI=1S/C20H23N7O6S/c1-20(2)15(16-23-25-26-24-16)27-18(32)14(19(27)34-20)22-17(31)13(10-6-4-3-5-7-10)21-11(28)8-33-9-12(29)30/h3-7,13-15,19H,8-9H2,1-2H3,(H,21,28)(H,22,31)(H,29,30)(H,23,24,25,26)/t13-,14?,15?,19-/m1/s1. The van der Waals surface area contributed by atoms with E-state index in [9.17, 15) is 19.2 Å². The minimum Gasteiger partial charge on any atom is -0.480 e. The first kappa shape index (κ1) is 23.6. The maximum atomic E-state index is 13.2. The highest BCUT2D eigenvalue weighted by Gasteiger charge is 2.63. The van der Waals surface area contributed by atoms with E-state index in [0.717, 1.165) is 0 Å². The van der Waals surface area contributed by atoms with Gasteiger partial charge in [0.2, 0.25) is 17.7 Å². The van der Waals surface area contributed by atoms with E-state index in [2.05, 4.69) is 31.3 Å². The van der Waals surface area contributed by atoms with Crippen LogP contribution >= 0.6 is 11.8 Å². The van der Waals surface area contributed by atoms with Gasteiger partial charge >= 0.3 is 5.97 Å². The number of carbonyl (C=O) groups excluding carboxylic acids is 3. The van der Waals surface area contributed by atoms with E-state index in [1.807, 2.05) is 13.8 Å². The molecule has 2 saturated heterocycles. The lowest BCUT2D eigenvalue weighted by molar-refractivity contribution is -0.152. The number of aromatic nitrogens is 4. The normalized spacial score (nSPS) is 23.5. The molecule has 0 saturated carbocycles. The quantitative estimate of drug-likeness (QED) is 0.332. The number of hydrogen-bond donors (Lipinski definition) is 4. The molecular weight excluding hydrogens is 466 g/mol. The molecule has 2 aromatic rings. The fraction of sp³-hybridized carbons (Fsp3) is 0.450. The SMILES string of the molecule is CC1(C)S[C@@H]2C(NC(=O)[C@H](NC(=O)COCC(=O)O)c3ccccc3)C(=O)N2C1c1nn[nH]n1. The maximum Gasteiger partial charge on any atom is 0.329 e. The van der Waals surface area contributed by atoms with Gasteiger partial charge in [0, 0.05) is 4.75 Å². The number of nitrogens with one attached hydrogen (secondary N) is 3. The van der Waals surface area contributed by atoms with Gasteiger partial charge in [0.15, 0.2) is 5.82 Å². The zero-order valence-corrected chi connectivity index (χ0v) is 19.1. The molecule has 0 spiro atoms. The fourth-order valence-electron chi connectivity index (χ4n) is 4.07. The van der Waals surface area contributed by atoms with Gasteiger partial charge in [-0.25, -0.2) is 4.79 Å². The lowest BCUT2D eigenvalue weighted by Gasteiger charge is -2.44. The number of tetrazole rings is 1. The number of fused-ring (bicyclic) bond motifs is 1. The summed E-state index contributed by atoms with van der Waals surface area (Å²) in [5, 5.41) is 27.7. The molecule has 180 valence electrons. The van der Waals surface area contributed by atoms with Crippen LogP contribution in [0.15, 0.2) is 30.3 Å². The molecule has 3 heterocycles. The van der Waals surface area contributed by atoms with Gasteiger partial charge in [0.1, 0.15) is 36.7 Å². The molecule has 0 radical (unpaired) electrons. The van der Waals surface area contributed by atoms with Crippen molar-refractivity contribution in [1.82, 2.24) is 36.2 Å². The number of nitrogens with zero attached hydrogens (tertiary/aromatic N) is 4. The number of hydrogen-bond acceptors (Lipinski definition) is 9. The highest BCUT2D eigenvalue weighted by Crippen LogP contribution is 2.56. The zero-order chi connectivity index (χ0) is 24.5. The second kappa shape index (κ2) is 9.38. The summed E-state index contributed by atoms with van der Waals surface area (Å²) in [7, 11) is 0. The predicted molar refractivity (Wildman–Crippen MR) is 117 cm³/mol.